The van der Waals surface area contributed by atoms with Gasteiger partial charge in [-0.15, -0.1) is 0 Å². The Morgan fingerprint density at radius 2 is 2.30 bits per heavy atom. The van der Waals surface area contributed by atoms with Gasteiger partial charge in [0.1, 0.15) is 0 Å². The third kappa shape index (κ3) is 3.72. The van der Waals surface area contributed by atoms with Crippen molar-refractivity contribution in [2.75, 3.05) is 24.1 Å². The quantitative estimate of drug-likeness (QED) is 0.775. The van der Waals surface area contributed by atoms with Crippen LogP contribution in [0.3, 0.4) is 0 Å². The number of nitrogen functional groups attached to an aromatic ring is 1. The molecule has 106 valence electrons. The van der Waals surface area contributed by atoms with Gasteiger partial charge in [-0.1, -0.05) is 12.1 Å². The highest BCUT2D eigenvalue weighted by Crippen LogP contribution is 2.27. The lowest BCUT2D eigenvalue weighted by Gasteiger charge is -2.20. The smallest absolute Gasteiger partial charge is 0.238 e. The zero-order valence-electron chi connectivity index (χ0n) is 11.7. The third-order valence-electron chi connectivity index (χ3n) is 3.49. The lowest BCUT2D eigenvalue weighted by atomic mass is 10.1. The summed E-state index contributed by atoms with van der Waals surface area (Å²) in [5.41, 5.74) is 8.10. The second-order valence-electron chi connectivity index (χ2n) is 5.20. The molecule has 2 rings (SSSR count). The molecule has 3 N–H and O–H groups in total. The lowest BCUT2D eigenvalue weighted by molar-refractivity contribution is -0.117. The summed E-state index contributed by atoms with van der Waals surface area (Å²) in [6, 6.07) is 8.15. The first kappa shape index (κ1) is 14.4. The van der Waals surface area contributed by atoms with Gasteiger partial charge in [-0.25, -0.2) is 0 Å². The number of hydrogen-bond acceptors (Lipinski definition) is 4. The monoisotopic (exact) mass is 272 g/mol. The van der Waals surface area contributed by atoms with E-state index in [1.54, 1.807) is 6.07 Å². The molecule has 0 aliphatic heterocycles. The molecule has 1 saturated carbocycles. The van der Waals surface area contributed by atoms with E-state index in [1.807, 2.05) is 19.1 Å². The van der Waals surface area contributed by atoms with E-state index in [1.165, 1.54) is 0 Å². The van der Waals surface area contributed by atoms with E-state index in [4.69, 9.17) is 11.0 Å². The van der Waals surface area contributed by atoms with E-state index in [0.29, 0.717) is 36.9 Å². The summed E-state index contributed by atoms with van der Waals surface area (Å²) in [7, 11) is 0. The molecule has 0 spiro atoms. The number of benzene rings is 1. The highest BCUT2D eigenvalue weighted by atomic mass is 16.2. The van der Waals surface area contributed by atoms with Crippen molar-refractivity contribution < 1.29 is 4.79 Å². The van der Waals surface area contributed by atoms with Crippen molar-refractivity contribution in [1.29, 1.82) is 5.26 Å². The molecule has 0 saturated heterocycles. The molecule has 20 heavy (non-hydrogen) atoms. The fraction of sp³-hybridized carbons (Fsp3) is 0.467. The number of anilines is 2. The Kier molecular flexibility index (Phi) is 4.59. The zero-order chi connectivity index (χ0) is 14.5. The number of nitriles is 1. The van der Waals surface area contributed by atoms with Gasteiger partial charge in [0.15, 0.2) is 0 Å². The number of carbonyl (C=O) groups is 1. The first-order chi connectivity index (χ1) is 9.61. The molecule has 0 unspecified atom stereocenters. The van der Waals surface area contributed by atoms with Crippen LogP contribution in [-0.4, -0.2) is 29.9 Å². The van der Waals surface area contributed by atoms with E-state index in [2.05, 4.69) is 16.3 Å². The number of aryl methyl sites for hydroxylation is 1. The first-order valence-corrected chi connectivity index (χ1v) is 6.87. The van der Waals surface area contributed by atoms with E-state index in [9.17, 15) is 4.79 Å². The van der Waals surface area contributed by atoms with Gasteiger partial charge < -0.3 is 11.1 Å². The molecule has 1 fully saturated rings. The maximum Gasteiger partial charge on any atom is 0.238 e. The Balaban J connectivity index is 1.95. The van der Waals surface area contributed by atoms with E-state index < -0.39 is 0 Å². The third-order valence-corrected chi connectivity index (χ3v) is 3.49. The molecule has 0 aromatic heterocycles. The summed E-state index contributed by atoms with van der Waals surface area (Å²) in [6.07, 6.45) is 2.69. The van der Waals surface area contributed by atoms with E-state index >= 15 is 0 Å². The van der Waals surface area contributed by atoms with Gasteiger partial charge >= 0.3 is 0 Å². The van der Waals surface area contributed by atoms with Crippen LogP contribution < -0.4 is 11.1 Å². The van der Waals surface area contributed by atoms with Crippen molar-refractivity contribution in [3.63, 3.8) is 0 Å². The van der Waals surface area contributed by atoms with Crippen LogP contribution in [0.1, 0.15) is 24.8 Å². The average molecular weight is 272 g/mol. The average Bonchev–Trinajstić information content (AvgIpc) is 3.23. The van der Waals surface area contributed by atoms with Gasteiger partial charge in [0.05, 0.1) is 24.0 Å². The van der Waals surface area contributed by atoms with Crippen LogP contribution in [0.4, 0.5) is 11.4 Å². The molecule has 0 heterocycles. The number of hydrogen-bond donors (Lipinski definition) is 2. The largest absolute Gasteiger partial charge is 0.397 e. The first-order valence-electron chi connectivity index (χ1n) is 6.87. The minimum Gasteiger partial charge on any atom is -0.397 e. The van der Waals surface area contributed by atoms with Crippen LogP contribution in [0.5, 0.6) is 0 Å². The van der Waals surface area contributed by atoms with Gasteiger partial charge in [0.25, 0.3) is 0 Å². The fourth-order valence-electron chi connectivity index (χ4n) is 2.25. The number of para-hydroxylation sites is 1. The van der Waals surface area contributed by atoms with Gasteiger partial charge in [-0.05, 0) is 31.4 Å². The zero-order valence-corrected chi connectivity index (χ0v) is 11.7. The molecule has 1 aliphatic rings. The molecular weight excluding hydrogens is 252 g/mol. The summed E-state index contributed by atoms with van der Waals surface area (Å²) in [6.45, 7) is 2.89. The molecule has 0 bridgehead atoms. The Hall–Kier alpha value is -2.06. The highest BCUT2D eigenvalue weighted by molar-refractivity contribution is 5.96. The second kappa shape index (κ2) is 6.40. The minimum absolute atomic E-state index is 0.0733. The Morgan fingerprint density at radius 3 is 2.90 bits per heavy atom. The topological polar surface area (TPSA) is 82.2 Å². The molecule has 0 radical (unpaired) electrons. The highest BCUT2D eigenvalue weighted by Gasteiger charge is 2.29. The minimum atomic E-state index is -0.0733. The van der Waals surface area contributed by atoms with E-state index in [-0.39, 0.29) is 5.91 Å². The SMILES string of the molecule is Cc1cccc(N)c1NC(=O)CN(CCC#N)C1CC1. The van der Waals surface area contributed by atoms with Crippen molar-refractivity contribution >= 4 is 17.3 Å². The number of rotatable bonds is 6. The van der Waals surface area contributed by atoms with Crippen LogP contribution in [0.15, 0.2) is 18.2 Å². The molecule has 1 aromatic rings. The Bertz CT molecular complexity index is 511. The standard InChI is InChI=1S/C15H20N4O/c1-11-4-2-5-13(17)15(11)18-14(20)10-19(9-3-8-16)12-6-7-12/h2,4-5,12H,3,6-7,9-10,17H2,1H3,(H,18,20). The summed E-state index contributed by atoms with van der Waals surface area (Å²) < 4.78 is 0. The maximum absolute atomic E-state index is 12.1. The van der Waals surface area contributed by atoms with Crippen LogP contribution >= 0.6 is 0 Å². The molecular formula is C15H20N4O. The lowest BCUT2D eigenvalue weighted by Crippen LogP contribution is -2.35. The number of nitrogens with one attached hydrogen (secondary N) is 1. The molecule has 5 heteroatoms. The Labute approximate surface area is 119 Å². The molecule has 5 nitrogen and oxygen atoms in total. The van der Waals surface area contributed by atoms with Crippen molar-refractivity contribution in [2.24, 2.45) is 0 Å². The van der Waals surface area contributed by atoms with Crippen molar-refractivity contribution in [3.05, 3.63) is 23.8 Å². The molecule has 1 amide bonds. The van der Waals surface area contributed by atoms with Crippen molar-refractivity contribution in [3.8, 4) is 6.07 Å². The summed E-state index contributed by atoms with van der Waals surface area (Å²) in [4.78, 5) is 14.2. The predicted molar refractivity (Wildman–Crippen MR) is 79.0 cm³/mol. The van der Waals surface area contributed by atoms with Gasteiger partial charge in [-0.3, -0.25) is 9.69 Å². The number of nitrogens with two attached hydrogens (primary N) is 1. The van der Waals surface area contributed by atoms with Crippen LogP contribution in [0, 0.1) is 18.3 Å². The van der Waals surface area contributed by atoms with Gasteiger partial charge in [0.2, 0.25) is 5.91 Å². The van der Waals surface area contributed by atoms with Gasteiger partial charge in [0, 0.05) is 19.0 Å². The van der Waals surface area contributed by atoms with Crippen LogP contribution in [0.25, 0.3) is 0 Å². The maximum atomic E-state index is 12.1. The fourth-order valence-corrected chi connectivity index (χ4v) is 2.25. The summed E-state index contributed by atoms with van der Waals surface area (Å²) in [5.74, 6) is -0.0733. The number of amides is 1. The molecule has 0 atom stereocenters. The van der Waals surface area contributed by atoms with Crippen LogP contribution in [0.2, 0.25) is 0 Å². The summed E-state index contributed by atoms with van der Waals surface area (Å²) >= 11 is 0. The predicted octanol–water partition coefficient (Wildman–Crippen LogP) is 1.89. The van der Waals surface area contributed by atoms with Crippen molar-refractivity contribution in [2.45, 2.75) is 32.2 Å². The molecule has 1 aliphatic carbocycles. The van der Waals surface area contributed by atoms with Gasteiger partial charge in [-0.2, -0.15) is 5.26 Å². The molecule has 1 aromatic carbocycles. The Morgan fingerprint density at radius 1 is 1.55 bits per heavy atom. The van der Waals surface area contributed by atoms with E-state index in [0.717, 1.165) is 18.4 Å². The second-order valence-corrected chi connectivity index (χ2v) is 5.20. The van der Waals surface area contributed by atoms with Crippen molar-refractivity contribution in [1.82, 2.24) is 4.90 Å². The number of nitrogens with zero attached hydrogens (tertiary/aromatic N) is 2. The normalized spacial score (nSPS) is 14.1. The number of carbonyl (C=O) groups excluding carboxylic acids is 1. The van der Waals surface area contributed by atoms with Crippen LogP contribution in [-0.2, 0) is 4.79 Å². The summed E-state index contributed by atoms with van der Waals surface area (Å²) in [5, 5.41) is 11.5.